The van der Waals surface area contributed by atoms with Crippen molar-refractivity contribution in [2.75, 3.05) is 0 Å². The monoisotopic (exact) mass is 334 g/mol. The fraction of sp³-hybridized carbons (Fsp3) is 0.263. The summed E-state index contributed by atoms with van der Waals surface area (Å²) in [6.07, 6.45) is 0. The molecule has 0 fully saturated rings. The Balaban J connectivity index is 0.000000403. The first-order valence-corrected chi connectivity index (χ1v) is 7.17. The van der Waals surface area contributed by atoms with E-state index >= 15 is 0 Å². The molecule has 0 aromatic heterocycles. The second kappa shape index (κ2) is 9.11. The zero-order valence-corrected chi connectivity index (χ0v) is 13.9. The lowest BCUT2D eigenvalue weighted by Gasteiger charge is -1.99. The van der Waals surface area contributed by atoms with Crippen LogP contribution in [-0.2, 0) is 0 Å². The van der Waals surface area contributed by atoms with Crippen molar-refractivity contribution >= 4 is 22.8 Å². The summed E-state index contributed by atoms with van der Waals surface area (Å²) in [5.41, 5.74) is 5.32. The normalized spacial score (nSPS) is 9.26. The van der Waals surface area contributed by atoms with Crippen LogP contribution in [-0.4, -0.2) is 16.3 Å². The van der Waals surface area contributed by atoms with Crippen molar-refractivity contribution in [1.29, 1.82) is 0 Å². The molecule has 0 saturated carbocycles. The summed E-state index contributed by atoms with van der Waals surface area (Å²) in [6, 6.07) is 10.5. The van der Waals surface area contributed by atoms with Crippen molar-refractivity contribution in [3.05, 3.63) is 69.8 Å². The maximum Gasteiger partial charge on any atom is 0.335 e. The number of carbonyl (C=O) groups is 2. The van der Waals surface area contributed by atoms with Gasteiger partial charge in [0.15, 0.2) is 0 Å². The summed E-state index contributed by atoms with van der Waals surface area (Å²) >= 11 is 5.29. The van der Waals surface area contributed by atoms with E-state index in [2.05, 4.69) is 0 Å². The summed E-state index contributed by atoms with van der Waals surface area (Å²) in [5.74, 6) is -0.867. The fourth-order valence-corrected chi connectivity index (χ4v) is 1.86. The highest BCUT2D eigenvalue weighted by atomic mass is 35.5. The predicted octanol–water partition coefficient (Wildman–Crippen LogP) is 5.32. The topological polar surface area (TPSA) is 54.4 Å². The Morgan fingerprint density at radius 1 is 0.783 bits per heavy atom. The molecule has 0 aliphatic rings. The average molecular weight is 335 g/mol. The molecule has 1 N–H and O–H groups in total. The molecule has 0 aliphatic heterocycles. The van der Waals surface area contributed by atoms with E-state index in [0.717, 1.165) is 16.7 Å². The number of carbonyl (C=O) groups excluding carboxylic acids is 1. The molecule has 0 heterocycles. The van der Waals surface area contributed by atoms with Crippen LogP contribution in [0.15, 0.2) is 36.4 Å². The first-order valence-electron chi connectivity index (χ1n) is 6.80. The lowest BCUT2D eigenvalue weighted by molar-refractivity contribution is 0.0696. The number of carboxylic acids is 1. The van der Waals surface area contributed by atoms with Gasteiger partial charge in [-0.2, -0.15) is 0 Å². The number of carboxylic acid groups (broad SMARTS) is 1. The van der Waals surface area contributed by atoms with Crippen molar-refractivity contribution in [2.24, 2.45) is 0 Å². The minimum Gasteiger partial charge on any atom is -0.478 e. The van der Waals surface area contributed by atoms with Gasteiger partial charge < -0.3 is 5.11 Å². The van der Waals surface area contributed by atoms with Crippen molar-refractivity contribution in [1.82, 2.24) is 0 Å². The molecule has 0 unspecified atom stereocenters. The molecule has 23 heavy (non-hydrogen) atoms. The maximum atomic E-state index is 10.7. The molecule has 3 nitrogen and oxygen atoms in total. The van der Waals surface area contributed by atoms with Crippen LogP contribution in [0.25, 0.3) is 0 Å². The third-order valence-corrected chi connectivity index (χ3v) is 3.71. The number of aryl methyl sites for hydroxylation is 4. The van der Waals surface area contributed by atoms with Gasteiger partial charge in [0.1, 0.15) is 0 Å². The van der Waals surface area contributed by atoms with Crippen LogP contribution < -0.4 is 0 Å². The smallest absolute Gasteiger partial charge is 0.335 e. The van der Waals surface area contributed by atoms with Crippen molar-refractivity contribution in [3.8, 4) is 0 Å². The predicted molar refractivity (Wildman–Crippen MR) is 95.7 cm³/mol. The molecule has 0 atom stereocenters. The number of benzene rings is 2. The minimum absolute atomic E-state index is 0. The zero-order valence-electron chi connectivity index (χ0n) is 13.1. The van der Waals surface area contributed by atoms with Crippen molar-refractivity contribution in [2.45, 2.75) is 35.1 Å². The minimum atomic E-state index is -0.867. The lowest BCUT2D eigenvalue weighted by atomic mass is 10.1. The van der Waals surface area contributed by atoms with Crippen LogP contribution in [0, 0.1) is 27.7 Å². The summed E-state index contributed by atoms with van der Waals surface area (Å²) < 4.78 is 0. The average Bonchev–Trinajstić information content (AvgIpc) is 2.45. The number of aromatic carboxylic acids is 1. The third kappa shape index (κ3) is 6.25. The first-order chi connectivity index (χ1) is 10.2. The first kappa shape index (κ1) is 20.9. The van der Waals surface area contributed by atoms with E-state index < -0.39 is 11.2 Å². The quantitative estimate of drug-likeness (QED) is 0.756. The number of halogens is 1. The van der Waals surface area contributed by atoms with Crippen LogP contribution >= 0.6 is 11.6 Å². The third-order valence-electron chi connectivity index (χ3n) is 3.49. The molecular weight excluding hydrogens is 312 g/mol. The van der Waals surface area contributed by atoms with Crippen molar-refractivity contribution < 1.29 is 14.7 Å². The van der Waals surface area contributed by atoms with Gasteiger partial charge >= 0.3 is 5.97 Å². The zero-order chi connectivity index (χ0) is 16.9. The molecule has 2 aromatic carbocycles. The molecule has 0 bridgehead atoms. The van der Waals surface area contributed by atoms with Gasteiger partial charge in [0.25, 0.3) is 5.24 Å². The van der Waals surface area contributed by atoms with Gasteiger partial charge in [0, 0.05) is 5.56 Å². The second-order valence-electron chi connectivity index (χ2n) is 5.18. The Morgan fingerprint density at radius 3 is 1.52 bits per heavy atom. The largest absolute Gasteiger partial charge is 0.478 e. The van der Waals surface area contributed by atoms with Crippen LogP contribution in [0.1, 0.15) is 50.4 Å². The Bertz CT molecular complexity index is 644. The number of hydrogen-bond donors (Lipinski definition) is 1. The highest BCUT2D eigenvalue weighted by Crippen LogP contribution is 2.11. The van der Waals surface area contributed by atoms with Gasteiger partial charge in [0.05, 0.1) is 5.56 Å². The molecule has 2 aromatic rings. The number of hydrogen-bond acceptors (Lipinski definition) is 2. The molecule has 0 radical (unpaired) electrons. The van der Waals surface area contributed by atoms with E-state index in [0.29, 0.717) is 11.1 Å². The van der Waals surface area contributed by atoms with E-state index in [4.69, 9.17) is 16.7 Å². The Kier molecular flexibility index (Phi) is 8.27. The van der Waals surface area contributed by atoms with Gasteiger partial charge in [-0.1, -0.05) is 19.6 Å². The molecule has 0 spiro atoms. The highest BCUT2D eigenvalue weighted by molar-refractivity contribution is 6.67. The standard InChI is InChI=1S/C9H9ClO.C9H10O2.CH4/c2*1-6-3-4-8(9(10)11)5-7(6)2;/h3-5H,1-2H3;3-5H,1-2H3,(H,10,11);1H4. The van der Waals surface area contributed by atoms with Crippen LogP contribution in [0.2, 0.25) is 0 Å². The molecular formula is C19H23ClO3. The molecule has 0 amide bonds. The SMILES string of the molecule is C.Cc1ccc(C(=O)Cl)cc1C.Cc1ccc(C(=O)O)cc1C. The van der Waals surface area contributed by atoms with Gasteiger partial charge in [-0.15, -0.1) is 0 Å². The van der Waals surface area contributed by atoms with Gasteiger partial charge in [-0.25, -0.2) is 4.79 Å². The fourth-order valence-electron chi connectivity index (χ4n) is 1.74. The van der Waals surface area contributed by atoms with Gasteiger partial charge in [-0.05, 0) is 85.8 Å². The van der Waals surface area contributed by atoms with Crippen LogP contribution in [0.3, 0.4) is 0 Å². The van der Waals surface area contributed by atoms with E-state index in [9.17, 15) is 9.59 Å². The summed E-state index contributed by atoms with van der Waals surface area (Å²) in [5, 5.41) is 8.20. The molecule has 2 rings (SSSR count). The van der Waals surface area contributed by atoms with E-state index in [1.807, 2.05) is 39.8 Å². The van der Waals surface area contributed by atoms with E-state index in [1.54, 1.807) is 24.3 Å². The van der Waals surface area contributed by atoms with Crippen LogP contribution in [0.4, 0.5) is 0 Å². The molecule has 0 aliphatic carbocycles. The lowest BCUT2D eigenvalue weighted by Crippen LogP contribution is -1.96. The molecule has 124 valence electrons. The highest BCUT2D eigenvalue weighted by Gasteiger charge is 2.02. The van der Waals surface area contributed by atoms with E-state index in [-0.39, 0.29) is 7.43 Å². The Hall–Kier alpha value is -2.13. The van der Waals surface area contributed by atoms with E-state index in [1.165, 1.54) is 5.56 Å². The van der Waals surface area contributed by atoms with Crippen LogP contribution in [0.5, 0.6) is 0 Å². The molecule has 0 saturated heterocycles. The van der Waals surface area contributed by atoms with Gasteiger partial charge in [-0.3, -0.25) is 4.79 Å². The Labute approximate surface area is 142 Å². The number of rotatable bonds is 2. The summed E-state index contributed by atoms with van der Waals surface area (Å²) in [6.45, 7) is 7.82. The van der Waals surface area contributed by atoms with Gasteiger partial charge in [0.2, 0.25) is 0 Å². The van der Waals surface area contributed by atoms with Crippen molar-refractivity contribution in [3.63, 3.8) is 0 Å². The summed E-state index contributed by atoms with van der Waals surface area (Å²) in [7, 11) is 0. The summed E-state index contributed by atoms with van der Waals surface area (Å²) in [4.78, 5) is 21.1. The maximum absolute atomic E-state index is 10.7. The second-order valence-corrected chi connectivity index (χ2v) is 5.52. The Morgan fingerprint density at radius 2 is 1.17 bits per heavy atom. The molecule has 4 heteroatoms.